The number of aliphatic imine (C=N–C) groups is 1. The maximum atomic E-state index is 14.7. The van der Waals surface area contributed by atoms with Crippen LogP contribution < -0.4 is 15.1 Å². The van der Waals surface area contributed by atoms with Gasteiger partial charge in [-0.1, -0.05) is 29.8 Å². The summed E-state index contributed by atoms with van der Waals surface area (Å²) in [6.45, 7) is 5.24. The third-order valence-corrected chi connectivity index (χ3v) is 6.66. The van der Waals surface area contributed by atoms with Gasteiger partial charge in [-0.15, -0.1) is 0 Å². The van der Waals surface area contributed by atoms with E-state index in [1.54, 1.807) is 11.0 Å². The van der Waals surface area contributed by atoms with Crippen LogP contribution in [0.15, 0.2) is 53.7 Å². The number of nitrogens with one attached hydrogen (secondary N) is 1. The van der Waals surface area contributed by atoms with Crippen molar-refractivity contribution in [2.45, 2.75) is 6.54 Å². The van der Waals surface area contributed by atoms with Gasteiger partial charge in [0.15, 0.2) is 5.82 Å². The quantitative estimate of drug-likeness (QED) is 0.563. The largest absolute Gasteiger partial charge is 0.379 e. The van der Waals surface area contributed by atoms with Crippen LogP contribution in [0.3, 0.4) is 0 Å². The molecule has 0 bridgehead atoms. The number of fused-ring (bicyclic) bond motifs is 3. The first-order chi connectivity index (χ1) is 17.6. The zero-order chi connectivity index (χ0) is 24.6. The Morgan fingerprint density at radius 2 is 1.89 bits per heavy atom. The van der Waals surface area contributed by atoms with E-state index >= 15 is 0 Å². The van der Waals surface area contributed by atoms with E-state index in [9.17, 15) is 9.18 Å². The maximum Gasteiger partial charge on any atom is 0.270 e. The molecule has 1 amide bonds. The SMILES string of the molecule is O=C1c2cnc(Nc3ccc(CN4CCOCC4)cc3)nc2N2CCN=C2N1c1c(F)cccc1Cl. The number of benzene rings is 2. The summed E-state index contributed by atoms with van der Waals surface area (Å²) in [7, 11) is 0. The second-order valence-corrected chi connectivity index (χ2v) is 9.09. The molecule has 2 aromatic carbocycles. The maximum absolute atomic E-state index is 14.7. The van der Waals surface area contributed by atoms with Crippen molar-refractivity contribution in [1.29, 1.82) is 0 Å². The molecule has 0 aliphatic carbocycles. The number of anilines is 4. The molecule has 0 saturated carbocycles. The van der Waals surface area contributed by atoms with E-state index < -0.39 is 11.7 Å². The first-order valence-electron chi connectivity index (χ1n) is 11.7. The van der Waals surface area contributed by atoms with Gasteiger partial charge < -0.3 is 10.1 Å². The molecule has 1 N–H and O–H groups in total. The third kappa shape index (κ3) is 4.17. The number of para-hydroxylation sites is 1. The van der Waals surface area contributed by atoms with Crippen LogP contribution in [0.1, 0.15) is 15.9 Å². The van der Waals surface area contributed by atoms with Gasteiger partial charge in [-0.2, -0.15) is 4.98 Å². The minimum Gasteiger partial charge on any atom is -0.379 e. The van der Waals surface area contributed by atoms with Gasteiger partial charge in [0.2, 0.25) is 11.9 Å². The summed E-state index contributed by atoms with van der Waals surface area (Å²) in [5.74, 6) is 0.00200. The third-order valence-electron chi connectivity index (χ3n) is 6.36. The summed E-state index contributed by atoms with van der Waals surface area (Å²) < 4.78 is 20.1. The Labute approximate surface area is 212 Å². The first-order valence-corrected chi connectivity index (χ1v) is 12.1. The number of ether oxygens (including phenoxy) is 1. The number of amides is 1. The minimum absolute atomic E-state index is 0.0279. The van der Waals surface area contributed by atoms with Gasteiger partial charge in [0.25, 0.3) is 5.91 Å². The van der Waals surface area contributed by atoms with E-state index in [-0.39, 0.29) is 16.3 Å². The average molecular weight is 508 g/mol. The van der Waals surface area contributed by atoms with Gasteiger partial charge >= 0.3 is 0 Å². The van der Waals surface area contributed by atoms with Crippen LogP contribution in [-0.2, 0) is 11.3 Å². The predicted molar refractivity (Wildman–Crippen MR) is 136 cm³/mol. The van der Waals surface area contributed by atoms with Crippen molar-refractivity contribution >= 4 is 46.6 Å². The number of carbonyl (C=O) groups is 1. The molecular formula is C25H23ClFN7O2. The fourth-order valence-corrected chi connectivity index (χ4v) is 4.82. The highest BCUT2D eigenvalue weighted by atomic mass is 35.5. The Balaban J connectivity index is 1.25. The van der Waals surface area contributed by atoms with Gasteiger partial charge in [0, 0.05) is 38.1 Å². The average Bonchev–Trinajstić information content (AvgIpc) is 3.37. The molecule has 4 heterocycles. The second-order valence-electron chi connectivity index (χ2n) is 8.69. The Morgan fingerprint density at radius 3 is 2.67 bits per heavy atom. The molecule has 0 radical (unpaired) electrons. The molecule has 1 aromatic heterocycles. The summed E-state index contributed by atoms with van der Waals surface area (Å²) in [6.07, 6.45) is 1.46. The fourth-order valence-electron chi connectivity index (χ4n) is 4.57. The minimum atomic E-state index is -0.606. The Morgan fingerprint density at radius 1 is 1.08 bits per heavy atom. The van der Waals surface area contributed by atoms with Crippen LogP contribution in [0.4, 0.5) is 27.5 Å². The Kier molecular flexibility index (Phi) is 6.00. The Bertz CT molecular complexity index is 1320. The lowest BCUT2D eigenvalue weighted by Gasteiger charge is -2.35. The summed E-state index contributed by atoms with van der Waals surface area (Å²) in [5, 5.41) is 3.34. The number of nitrogens with zero attached hydrogens (tertiary/aromatic N) is 6. The van der Waals surface area contributed by atoms with Crippen LogP contribution in [0.5, 0.6) is 0 Å². The summed E-state index contributed by atoms with van der Waals surface area (Å²) >= 11 is 6.27. The summed E-state index contributed by atoms with van der Waals surface area (Å²) in [5.41, 5.74) is 2.27. The van der Waals surface area contributed by atoms with Gasteiger partial charge in [-0.3, -0.25) is 19.6 Å². The van der Waals surface area contributed by atoms with Crippen molar-refractivity contribution in [2.24, 2.45) is 4.99 Å². The number of rotatable bonds is 5. The molecule has 11 heteroatoms. The van der Waals surface area contributed by atoms with Crippen LogP contribution in [0, 0.1) is 5.82 Å². The smallest absolute Gasteiger partial charge is 0.270 e. The lowest BCUT2D eigenvalue weighted by Crippen LogP contribution is -2.51. The van der Waals surface area contributed by atoms with Crippen molar-refractivity contribution in [1.82, 2.24) is 14.9 Å². The van der Waals surface area contributed by atoms with Gasteiger partial charge in [-0.25, -0.2) is 14.3 Å². The molecule has 3 aliphatic heterocycles. The van der Waals surface area contributed by atoms with Crippen molar-refractivity contribution in [3.8, 4) is 0 Å². The molecule has 0 unspecified atom stereocenters. The number of aromatic nitrogens is 2. The topological polar surface area (TPSA) is 86.2 Å². The number of carbonyl (C=O) groups excluding carboxylic acids is 1. The van der Waals surface area contributed by atoms with E-state index in [0.29, 0.717) is 30.8 Å². The van der Waals surface area contributed by atoms with E-state index in [1.807, 2.05) is 12.1 Å². The number of hydrogen-bond acceptors (Lipinski definition) is 8. The van der Waals surface area contributed by atoms with Crippen molar-refractivity contribution in [2.75, 3.05) is 54.5 Å². The normalized spacial score (nSPS) is 17.6. The number of halogens is 2. The highest BCUT2D eigenvalue weighted by Gasteiger charge is 2.41. The highest BCUT2D eigenvalue weighted by Crippen LogP contribution is 2.37. The standard InChI is InChI=1S/C25H23ClFN7O2/c26-19-2-1-3-20(27)21(19)34-23(35)18-14-29-24(31-22(18)33-9-8-28-25(33)34)30-17-6-4-16(5-7-17)15-32-10-12-36-13-11-32/h1-7,14H,8-13,15H2,(H,29,30,31). The van der Waals surface area contributed by atoms with Gasteiger partial charge in [-0.05, 0) is 29.8 Å². The zero-order valence-corrected chi connectivity index (χ0v) is 20.1. The molecule has 6 rings (SSSR count). The molecule has 1 saturated heterocycles. The molecular weight excluding hydrogens is 485 g/mol. The van der Waals surface area contributed by atoms with Gasteiger partial charge in [0.1, 0.15) is 17.1 Å². The van der Waals surface area contributed by atoms with Crippen LogP contribution >= 0.6 is 11.6 Å². The fraction of sp³-hybridized carbons (Fsp3) is 0.280. The molecule has 36 heavy (non-hydrogen) atoms. The predicted octanol–water partition coefficient (Wildman–Crippen LogP) is 3.68. The zero-order valence-electron chi connectivity index (χ0n) is 19.3. The van der Waals surface area contributed by atoms with Crippen LogP contribution in [-0.4, -0.2) is 66.1 Å². The second kappa shape index (κ2) is 9.45. The lowest BCUT2D eigenvalue weighted by atomic mass is 10.1. The molecule has 3 aromatic rings. The molecule has 1 fully saturated rings. The number of hydrogen-bond donors (Lipinski definition) is 1. The van der Waals surface area contributed by atoms with Crippen LogP contribution in [0.25, 0.3) is 0 Å². The van der Waals surface area contributed by atoms with Crippen molar-refractivity contribution < 1.29 is 13.9 Å². The van der Waals surface area contributed by atoms with Crippen molar-refractivity contribution in [3.05, 3.63) is 70.6 Å². The summed E-state index contributed by atoms with van der Waals surface area (Å²) in [4.78, 5) is 32.2. The molecule has 9 nitrogen and oxygen atoms in total. The Hall–Kier alpha value is -3.60. The molecule has 0 spiro atoms. The van der Waals surface area contributed by atoms with Gasteiger partial charge in [0.05, 0.1) is 24.8 Å². The number of morpholine rings is 1. The van der Waals surface area contributed by atoms with E-state index in [0.717, 1.165) is 38.5 Å². The highest BCUT2D eigenvalue weighted by molar-refractivity contribution is 6.38. The molecule has 0 atom stereocenters. The van der Waals surface area contributed by atoms with E-state index in [4.69, 9.17) is 16.3 Å². The monoisotopic (exact) mass is 507 g/mol. The summed E-state index contributed by atoms with van der Waals surface area (Å²) in [6, 6.07) is 12.4. The van der Waals surface area contributed by atoms with E-state index in [1.165, 1.54) is 28.8 Å². The number of guanidine groups is 1. The first kappa shape index (κ1) is 22.8. The van der Waals surface area contributed by atoms with Crippen LogP contribution in [0.2, 0.25) is 5.02 Å². The lowest BCUT2D eigenvalue weighted by molar-refractivity contribution is 0.0342. The van der Waals surface area contributed by atoms with Crippen molar-refractivity contribution in [3.63, 3.8) is 0 Å². The molecule has 3 aliphatic rings. The van der Waals surface area contributed by atoms with E-state index in [2.05, 4.69) is 37.3 Å². The molecule has 184 valence electrons.